The van der Waals surface area contributed by atoms with Crippen molar-refractivity contribution < 1.29 is 23.8 Å². The van der Waals surface area contributed by atoms with Crippen molar-refractivity contribution in [3.8, 4) is 5.75 Å². The van der Waals surface area contributed by atoms with Crippen molar-refractivity contribution in [1.29, 1.82) is 0 Å². The van der Waals surface area contributed by atoms with Gasteiger partial charge in [0, 0.05) is 20.0 Å². The molecule has 2 unspecified atom stereocenters. The van der Waals surface area contributed by atoms with Crippen molar-refractivity contribution in [1.82, 2.24) is 25.2 Å². The van der Waals surface area contributed by atoms with Crippen LogP contribution >= 0.6 is 0 Å². The van der Waals surface area contributed by atoms with Gasteiger partial charge in [-0.1, -0.05) is 38.1 Å². The van der Waals surface area contributed by atoms with Crippen molar-refractivity contribution in [2.24, 2.45) is 5.41 Å². The van der Waals surface area contributed by atoms with E-state index in [0.29, 0.717) is 5.69 Å². The number of nitrogens with zero attached hydrogens (tertiary/aromatic N) is 4. The van der Waals surface area contributed by atoms with Crippen LogP contribution in [0.5, 0.6) is 5.75 Å². The minimum atomic E-state index is -0.771. The number of rotatable bonds is 6. The van der Waals surface area contributed by atoms with Crippen LogP contribution in [0.1, 0.15) is 38.9 Å². The molecule has 0 spiro atoms. The molecule has 0 aliphatic carbocycles. The van der Waals surface area contributed by atoms with Crippen molar-refractivity contribution in [3.63, 3.8) is 0 Å². The molecular formula is C21H28FN5O4. The molecule has 168 valence electrons. The molecule has 31 heavy (non-hydrogen) atoms. The molecule has 1 saturated heterocycles. The maximum Gasteiger partial charge on any atom is 0.248 e. The third-order valence-corrected chi connectivity index (χ3v) is 5.20. The number of hydrogen-bond acceptors (Lipinski definition) is 6. The molecule has 0 radical (unpaired) electrons. The lowest BCUT2D eigenvalue weighted by Gasteiger charge is -2.34. The van der Waals surface area contributed by atoms with Gasteiger partial charge in [-0.2, -0.15) is 0 Å². The van der Waals surface area contributed by atoms with E-state index in [-0.39, 0.29) is 37.1 Å². The summed E-state index contributed by atoms with van der Waals surface area (Å²) in [5.41, 5.74) is -0.135. The molecule has 1 aromatic heterocycles. The Kier molecular flexibility index (Phi) is 6.59. The van der Waals surface area contributed by atoms with E-state index in [1.54, 1.807) is 18.3 Å². The zero-order valence-corrected chi connectivity index (χ0v) is 18.1. The smallest absolute Gasteiger partial charge is 0.248 e. The molecule has 2 aromatic rings. The number of likely N-dealkylation sites (tertiary alicyclic amines) is 1. The number of aromatic nitrogens is 3. The number of ether oxygens (including phenoxy) is 1. The third-order valence-electron chi connectivity index (χ3n) is 5.20. The zero-order valence-electron chi connectivity index (χ0n) is 18.1. The summed E-state index contributed by atoms with van der Waals surface area (Å²) >= 11 is 0. The molecule has 2 heterocycles. The van der Waals surface area contributed by atoms with Gasteiger partial charge in [-0.05, 0) is 17.5 Å². The van der Waals surface area contributed by atoms with Gasteiger partial charge in [-0.15, -0.1) is 5.10 Å². The van der Waals surface area contributed by atoms with Crippen LogP contribution in [0.2, 0.25) is 0 Å². The van der Waals surface area contributed by atoms with E-state index in [1.165, 1.54) is 28.8 Å². The summed E-state index contributed by atoms with van der Waals surface area (Å²) in [6, 6.07) is 4.53. The van der Waals surface area contributed by atoms with Gasteiger partial charge in [0.15, 0.2) is 11.6 Å². The Morgan fingerprint density at radius 1 is 1.35 bits per heavy atom. The van der Waals surface area contributed by atoms with Crippen LogP contribution in [-0.2, 0) is 16.2 Å². The van der Waals surface area contributed by atoms with Gasteiger partial charge in [0.2, 0.25) is 11.8 Å². The molecule has 9 nitrogen and oxygen atoms in total. The number of halogens is 1. The summed E-state index contributed by atoms with van der Waals surface area (Å²) in [7, 11) is 1.50. The molecule has 2 N–H and O–H groups in total. The summed E-state index contributed by atoms with van der Waals surface area (Å²) in [6.45, 7) is 5.70. The van der Waals surface area contributed by atoms with Gasteiger partial charge >= 0.3 is 0 Å². The molecule has 1 aliphatic rings. The van der Waals surface area contributed by atoms with Crippen LogP contribution in [-0.4, -0.2) is 62.6 Å². The topological polar surface area (TPSA) is 110 Å². The Balaban J connectivity index is 1.81. The Bertz CT molecular complexity index is 942. The lowest BCUT2D eigenvalue weighted by atomic mass is 9.85. The van der Waals surface area contributed by atoms with E-state index >= 15 is 0 Å². The number of hydrogen-bond donors (Lipinski definition) is 2. The first kappa shape index (κ1) is 22.7. The number of β-amino-alcohol motifs (C(OH)–C–C–N with tert-alkyl or cyclic N) is 1. The second-order valence-electron chi connectivity index (χ2n) is 8.69. The van der Waals surface area contributed by atoms with Gasteiger partial charge in [0.05, 0.1) is 12.3 Å². The van der Waals surface area contributed by atoms with Crippen molar-refractivity contribution in [3.05, 3.63) is 42.0 Å². The van der Waals surface area contributed by atoms with Crippen LogP contribution in [0.3, 0.4) is 0 Å². The van der Waals surface area contributed by atoms with Crippen molar-refractivity contribution >= 4 is 11.8 Å². The zero-order chi connectivity index (χ0) is 22.8. The Hall–Kier alpha value is -3.01. The highest BCUT2D eigenvalue weighted by atomic mass is 19.1. The first-order valence-corrected chi connectivity index (χ1v) is 10.1. The minimum absolute atomic E-state index is 0.0186. The van der Waals surface area contributed by atoms with Gasteiger partial charge in [-0.25, -0.2) is 9.07 Å². The predicted octanol–water partition coefficient (Wildman–Crippen LogP) is 1.29. The Morgan fingerprint density at radius 2 is 2.06 bits per heavy atom. The molecular weight excluding hydrogens is 405 g/mol. The van der Waals surface area contributed by atoms with E-state index in [1.807, 2.05) is 20.8 Å². The molecule has 3 rings (SSSR count). The van der Waals surface area contributed by atoms with Crippen LogP contribution in [0, 0.1) is 11.2 Å². The molecule has 0 saturated carbocycles. The van der Waals surface area contributed by atoms with Crippen molar-refractivity contribution in [2.75, 3.05) is 13.6 Å². The standard InChI is InChI=1S/C21H28FN5O4/c1-21(2,3)18(20(30)26-11-14(28)9-16(26)19(29)23-4)27-10-13(24-25-27)12-31-17-8-6-5-7-15(17)22/h5-8,10,14,16,18,28H,9,11-12H2,1-4H3,(H,23,29)/t14?,16-,18?/m1/s1. The number of aliphatic hydroxyl groups excluding tert-OH is 1. The maximum absolute atomic E-state index is 13.8. The monoisotopic (exact) mass is 433 g/mol. The number of carbonyl (C=O) groups excluding carboxylic acids is 2. The number of likely N-dealkylation sites (N-methyl/N-ethyl adjacent to an activating group) is 1. The average Bonchev–Trinajstić information content (AvgIpc) is 3.32. The predicted molar refractivity (Wildman–Crippen MR) is 109 cm³/mol. The van der Waals surface area contributed by atoms with E-state index in [0.717, 1.165) is 0 Å². The Morgan fingerprint density at radius 3 is 2.71 bits per heavy atom. The highest BCUT2D eigenvalue weighted by Gasteiger charge is 2.45. The van der Waals surface area contributed by atoms with E-state index in [4.69, 9.17) is 4.74 Å². The molecule has 10 heteroatoms. The maximum atomic E-state index is 13.8. The van der Waals surface area contributed by atoms with Gasteiger partial charge < -0.3 is 20.1 Å². The molecule has 0 bridgehead atoms. The van der Waals surface area contributed by atoms with Crippen molar-refractivity contribution in [2.45, 2.75) is 52.0 Å². The van der Waals surface area contributed by atoms with Crippen LogP contribution < -0.4 is 10.1 Å². The summed E-state index contributed by atoms with van der Waals surface area (Å²) in [5.74, 6) is -1.04. The molecule has 1 fully saturated rings. The first-order valence-electron chi connectivity index (χ1n) is 10.1. The van der Waals surface area contributed by atoms with Crippen LogP contribution in [0.25, 0.3) is 0 Å². The third kappa shape index (κ3) is 5.01. The number of aliphatic hydroxyl groups is 1. The lowest BCUT2D eigenvalue weighted by Crippen LogP contribution is -2.49. The van der Waals surface area contributed by atoms with E-state index in [2.05, 4.69) is 15.6 Å². The number of benzene rings is 1. The van der Waals surface area contributed by atoms with E-state index in [9.17, 15) is 19.1 Å². The fraction of sp³-hybridized carbons (Fsp3) is 0.524. The normalized spacial score (nSPS) is 19.9. The molecule has 1 aromatic carbocycles. The van der Waals surface area contributed by atoms with Gasteiger partial charge in [-0.3, -0.25) is 9.59 Å². The van der Waals surface area contributed by atoms with E-state index < -0.39 is 29.4 Å². The molecule has 1 aliphatic heterocycles. The fourth-order valence-electron chi connectivity index (χ4n) is 3.73. The second-order valence-corrected chi connectivity index (χ2v) is 8.69. The van der Waals surface area contributed by atoms with Crippen LogP contribution in [0.15, 0.2) is 30.5 Å². The highest BCUT2D eigenvalue weighted by Crippen LogP contribution is 2.34. The number of nitrogens with one attached hydrogen (secondary N) is 1. The number of carbonyl (C=O) groups is 2. The highest BCUT2D eigenvalue weighted by molar-refractivity contribution is 5.90. The average molecular weight is 433 g/mol. The summed E-state index contributed by atoms with van der Waals surface area (Å²) in [6.07, 6.45) is 0.990. The summed E-state index contributed by atoms with van der Waals surface area (Å²) in [4.78, 5) is 27.1. The molecule has 2 amide bonds. The lowest BCUT2D eigenvalue weighted by molar-refractivity contribution is -0.144. The largest absolute Gasteiger partial charge is 0.484 e. The fourth-order valence-corrected chi connectivity index (χ4v) is 3.73. The SMILES string of the molecule is CNC(=O)[C@H]1CC(O)CN1C(=O)C(n1cc(COc2ccccc2F)nn1)C(C)(C)C. The number of amides is 2. The number of para-hydroxylation sites is 1. The quantitative estimate of drug-likeness (QED) is 0.711. The first-order chi connectivity index (χ1) is 14.6. The summed E-state index contributed by atoms with van der Waals surface area (Å²) in [5, 5.41) is 20.8. The van der Waals surface area contributed by atoms with Gasteiger partial charge in [0.25, 0.3) is 0 Å². The second kappa shape index (κ2) is 9.01. The minimum Gasteiger partial charge on any atom is -0.484 e. The van der Waals surface area contributed by atoms with Gasteiger partial charge in [0.1, 0.15) is 24.4 Å². The molecule has 3 atom stereocenters. The summed E-state index contributed by atoms with van der Waals surface area (Å²) < 4.78 is 20.7. The van der Waals surface area contributed by atoms with Crippen LogP contribution in [0.4, 0.5) is 4.39 Å². The Labute approximate surface area is 180 Å².